The summed E-state index contributed by atoms with van der Waals surface area (Å²) >= 11 is 2.78. The molecule has 2 aromatic heterocycles. The van der Waals surface area contributed by atoms with Gasteiger partial charge in [-0.15, -0.1) is 22.7 Å². The molecule has 0 fully saturated rings. The van der Waals surface area contributed by atoms with Gasteiger partial charge in [-0.2, -0.15) is 0 Å². The van der Waals surface area contributed by atoms with E-state index in [1.54, 1.807) is 17.5 Å². The number of aromatic nitrogens is 1. The topological polar surface area (TPSA) is 71.1 Å². The van der Waals surface area contributed by atoms with Gasteiger partial charge >= 0.3 is 0 Å². The predicted octanol–water partition coefficient (Wildman–Crippen LogP) is 4.22. The zero-order valence-electron chi connectivity index (χ0n) is 13.9. The van der Waals surface area contributed by atoms with Crippen molar-refractivity contribution in [3.63, 3.8) is 0 Å². The van der Waals surface area contributed by atoms with Crippen LogP contribution in [0.5, 0.6) is 0 Å². The molecule has 1 atom stereocenters. The zero-order chi connectivity index (χ0) is 18.5. The first-order valence-corrected chi connectivity index (χ1v) is 9.59. The van der Waals surface area contributed by atoms with Crippen molar-refractivity contribution in [3.8, 4) is 11.3 Å². The maximum Gasteiger partial charge on any atom is 0.228 e. The minimum absolute atomic E-state index is 0.117. The van der Waals surface area contributed by atoms with Crippen LogP contribution in [0.1, 0.15) is 24.3 Å². The van der Waals surface area contributed by atoms with Gasteiger partial charge in [-0.25, -0.2) is 9.37 Å². The molecule has 0 spiro atoms. The molecule has 2 heterocycles. The maximum absolute atomic E-state index is 13.0. The summed E-state index contributed by atoms with van der Waals surface area (Å²) in [7, 11) is 0. The molecule has 0 aliphatic rings. The number of benzene rings is 1. The van der Waals surface area contributed by atoms with Crippen LogP contribution in [0.15, 0.2) is 47.2 Å². The van der Waals surface area contributed by atoms with E-state index >= 15 is 0 Å². The van der Waals surface area contributed by atoms with Crippen molar-refractivity contribution >= 4 is 39.6 Å². The van der Waals surface area contributed by atoms with E-state index in [1.807, 2.05) is 17.5 Å². The number of rotatable bonds is 6. The normalized spacial score (nSPS) is 11.8. The van der Waals surface area contributed by atoms with E-state index in [0.717, 1.165) is 10.4 Å². The van der Waals surface area contributed by atoms with Gasteiger partial charge in [-0.05, 0) is 35.7 Å². The highest BCUT2D eigenvalue weighted by Crippen LogP contribution is 2.26. The SMILES string of the molecule is CC(=O)NC(CC(=O)Nc1nc(-c2ccc(F)cc2)cs1)c1cccs1. The Morgan fingerprint density at radius 1 is 1.19 bits per heavy atom. The van der Waals surface area contributed by atoms with Crippen LogP contribution < -0.4 is 10.6 Å². The maximum atomic E-state index is 13.0. The van der Waals surface area contributed by atoms with Gasteiger partial charge in [0, 0.05) is 22.7 Å². The summed E-state index contributed by atoms with van der Waals surface area (Å²) < 4.78 is 13.0. The van der Waals surface area contributed by atoms with E-state index in [9.17, 15) is 14.0 Å². The molecule has 26 heavy (non-hydrogen) atoms. The van der Waals surface area contributed by atoms with Crippen LogP contribution in [0.2, 0.25) is 0 Å². The minimum Gasteiger partial charge on any atom is -0.348 e. The number of hydrogen-bond acceptors (Lipinski definition) is 5. The van der Waals surface area contributed by atoms with E-state index in [-0.39, 0.29) is 30.1 Å². The second-order valence-corrected chi connectivity index (χ2v) is 7.40. The van der Waals surface area contributed by atoms with Crippen LogP contribution >= 0.6 is 22.7 Å². The third-order valence-corrected chi connectivity index (χ3v) is 5.29. The number of thiophene rings is 1. The lowest BCUT2D eigenvalue weighted by Crippen LogP contribution is -2.29. The average molecular weight is 389 g/mol. The third kappa shape index (κ3) is 4.74. The van der Waals surface area contributed by atoms with E-state index in [4.69, 9.17) is 0 Å². The summed E-state index contributed by atoms with van der Waals surface area (Å²) in [4.78, 5) is 29.0. The molecule has 3 rings (SSSR count). The first-order valence-electron chi connectivity index (χ1n) is 7.83. The highest BCUT2D eigenvalue weighted by molar-refractivity contribution is 7.14. The summed E-state index contributed by atoms with van der Waals surface area (Å²) in [6.07, 6.45) is 0.117. The number of halogens is 1. The van der Waals surface area contributed by atoms with Crippen LogP contribution in [0, 0.1) is 5.82 Å². The molecule has 134 valence electrons. The smallest absolute Gasteiger partial charge is 0.228 e. The standard InChI is InChI=1S/C18H16FN3O2S2/c1-11(23)20-14(16-3-2-8-25-16)9-17(24)22-18-21-15(10-26-18)12-4-6-13(19)7-5-12/h2-8,10,14H,9H2,1H3,(H,20,23)(H,21,22,24). The molecular weight excluding hydrogens is 373 g/mol. The van der Waals surface area contributed by atoms with Crippen molar-refractivity contribution in [2.45, 2.75) is 19.4 Å². The molecule has 0 bridgehead atoms. The number of anilines is 1. The third-order valence-electron chi connectivity index (χ3n) is 3.54. The molecule has 5 nitrogen and oxygen atoms in total. The second-order valence-electron chi connectivity index (χ2n) is 5.57. The molecular formula is C18H16FN3O2S2. The average Bonchev–Trinajstić information content (AvgIpc) is 3.26. The van der Waals surface area contributed by atoms with Gasteiger partial charge < -0.3 is 10.6 Å². The fraction of sp³-hybridized carbons (Fsp3) is 0.167. The fourth-order valence-corrected chi connectivity index (χ4v) is 3.91. The number of nitrogens with one attached hydrogen (secondary N) is 2. The minimum atomic E-state index is -0.371. The Hall–Kier alpha value is -2.58. The first-order chi connectivity index (χ1) is 12.5. The van der Waals surface area contributed by atoms with Crippen LogP contribution in [0.4, 0.5) is 9.52 Å². The van der Waals surface area contributed by atoms with Crippen molar-refractivity contribution < 1.29 is 14.0 Å². The molecule has 2 amide bonds. The Bertz CT molecular complexity index is 892. The predicted molar refractivity (Wildman–Crippen MR) is 102 cm³/mol. The quantitative estimate of drug-likeness (QED) is 0.663. The molecule has 3 aromatic rings. The number of hydrogen-bond donors (Lipinski definition) is 2. The molecule has 0 saturated carbocycles. The Balaban J connectivity index is 1.65. The van der Waals surface area contributed by atoms with Crippen LogP contribution in [0.25, 0.3) is 11.3 Å². The molecule has 0 aliphatic carbocycles. The van der Waals surface area contributed by atoms with Crippen LogP contribution in [-0.2, 0) is 9.59 Å². The Labute approximate surface area is 157 Å². The largest absolute Gasteiger partial charge is 0.348 e. The summed E-state index contributed by atoms with van der Waals surface area (Å²) in [5.41, 5.74) is 1.44. The monoisotopic (exact) mass is 389 g/mol. The molecule has 0 radical (unpaired) electrons. The van der Waals surface area contributed by atoms with E-state index in [2.05, 4.69) is 15.6 Å². The van der Waals surface area contributed by atoms with Crippen molar-refractivity contribution in [1.29, 1.82) is 0 Å². The fourth-order valence-electron chi connectivity index (χ4n) is 2.40. The van der Waals surface area contributed by atoms with Gasteiger partial charge in [0.1, 0.15) is 5.82 Å². The van der Waals surface area contributed by atoms with Crippen LogP contribution in [-0.4, -0.2) is 16.8 Å². The van der Waals surface area contributed by atoms with Gasteiger partial charge in [0.05, 0.1) is 18.2 Å². The van der Waals surface area contributed by atoms with Crippen molar-refractivity contribution in [3.05, 3.63) is 57.9 Å². The Morgan fingerprint density at radius 3 is 2.62 bits per heavy atom. The molecule has 8 heteroatoms. The summed E-state index contributed by atoms with van der Waals surface area (Å²) in [6.45, 7) is 1.42. The second kappa shape index (κ2) is 8.20. The summed E-state index contributed by atoms with van der Waals surface area (Å²) in [6, 6.07) is 9.40. The van der Waals surface area contributed by atoms with Gasteiger partial charge in [-0.3, -0.25) is 9.59 Å². The van der Waals surface area contributed by atoms with Gasteiger partial charge in [-0.1, -0.05) is 6.07 Å². The van der Waals surface area contributed by atoms with E-state index in [0.29, 0.717) is 10.8 Å². The number of amides is 2. The lowest BCUT2D eigenvalue weighted by Gasteiger charge is -2.15. The molecule has 2 N–H and O–H groups in total. The highest BCUT2D eigenvalue weighted by atomic mass is 32.1. The zero-order valence-corrected chi connectivity index (χ0v) is 15.5. The van der Waals surface area contributed by atoms with E-state index in [1.165, 1.54) is 41.7 Å². The first kappa shape index (κ1) is 18.2. The number of nitrogens with zero attached hydrogens (tertiary/aromatic N) is 1. The van der Waals surface area contributed by atoms with Crippen molar-refractivity contribution in [2.75, 3.05) is 5.32 Å². The number of carbonyl (C=O) groups excluding carboxylic acids is 2. The lowest BCUT2D eigenvalue weighted by molar-refractivity contribution is -0.120. The molecule has 1 aromatic carbocycles. The van der Waals surface area contributed by atoms with Crippen LogP contribution in [0.3, 0.4) is 0 Å². The highest BCUT2D eigenvalue weighted by Gasteiger charge is 2.19. The molecule has 0 saturated heterocycles. The lowest BCUT2D eigenvalue weighted by atomic mass is 10.1. The Morgan fingerprint density at radius 2 is 1.96 bits per heavy atom. The van der Waals surface area contributed by atoms with Crippen molar-refractivity contribution in [1.82, 2.24) is 10.3 Å². The van der Waals surface area contributed by atoms with E-state index < -0.39 is 0 Å². The number of carbonyl (C=O) groups is 2. The summed E-state index contributed by atoms with van der Waals surface area (Å²) in [5, 5.41) is 9.71. The van der Waals surface area contributed by atoms with Crippen molar-refractivity contribution in [2.24, 2.45) is 0 Å². The Kier molecular flexibility index (Phi) is 5.75. The van der Waals surface area contributed by atoms with Gasteiger partial charge in [0.25, 0.3) is 0 Å². The summed E-state index contributed by atoms with van der Waals surface area (Å²) in [5.74, 6) is -0.740. The van der Waals surface area contributed by atoms with Gasteiger partial charge in [0.15, 0.2) is 5.13 Å². The van der Waals surface area contributed by atoms with Gasteiger partial charge in [0.2, 0.25) is 11.8 Å². The number of thiazole rings is 1. The molecule has 0 aliphatic heterocycles. The molecule has 1 unspecified atom stereocenters.